The highest BCUT2D eigenvalue weighted by atomic mass is 127. The smallest absolute Gasteiger partial charge is 0.0469 e. The van der Waals surface area contributed by atoms with Crippen LogP contribution in [0.25, 0.3) is 0 Å². The number of hydrogen-bond acceptors (Lipinski definition) is 2. The molecule has 0 aliphatic rings. The second kappa shape index (κ2) is 6.02. The minimum absolute atomic E-state index is 0.156. The molecule has 0 bridgehead atoms. The molecule has 0 heterocycles. The standard InChI is InChI=1S/C11H13IN2/c1-2-3-4-11(14-13)9-5-7-10(12)8-6-9/h1,5-8,11,14H,3-4,13H2. The predicted octanol–water partition coefficient (Wildman–Crippen LogP) is 2.21. The van der Waals surface area contributed by atoms with Crippen molar-refractivity contribution >= 4 is 22.6 Å². The summed E-state index contributed by atoms with van der Waals surface area (Å²) >= 11 is 2.28. The largest absolute Gasteiger partial charge is 0.271 e. The van der Waals surface area contributed by atoms with Crippen LogP contribution in [0.4, 0.5) is 0 Å². The van der Waals surface area contributed by atoms with Gasteiger partial charge in [0.2, 0.25) is 0 Å². The first kappa shape index (κ1) is 11.5. The zero-order chi connectivity index (χ0) is 10.4. The van der Waals surface area contributed by atoms with Crippen molar-refractivity contribution in [2.75, 3.05) is 0 Å². The molecule has 1 aromatic carbocycles. The van der Waals surface area contributed by atoms with Gasteiger partial charge in [0.05, 0.1) is 0 Å². The van der Waals surface area contributed by atoms with Gasteiger partial charge in [-0.2, -0.15) is 0 Å². The van der Waals surface area contributed by atoms with Gasteiger partial charge in [0.25, 0.3) is 0 Å². The summed E-state index contributed by atoms with van der Waals surface area (Å²) in [6.07, 6.45) is 6.82. The van der Waals surface area contributed by atoms with Crippen molar-refractivity contribution < 1.29 is 0 Å². The second-order valence-corrected chi connectivity index (χ2v) is 4.26. The maximum absolute atomic E-state index is 5.46. The quantitative estimate of drug-likeness (QED) is 0.387. The molecule has 14 heavy (non-hydrogen) atoms. The van der Waals surface area contributed by atoms with E-state index in [2.05, 4.69) is 58.2 Å². The minimum atomic E-state index is 0.156. The maximum atomic E-state index is 5.46. The van der Waals surface area contributed by atoms with Gasteiger partial charge in [-0.1, -0.05) is 12.1 Å². The van der Waals surface area contributed by atoms with Gasteiger partial charge in [-0.15, -0.1) is 12.3 Å². The van der Waals surface area contributed by atoms with Crippen molar-refractivity contribution in [3.63, 3.8) is 0 Å². The van der Waals surface area contributed by atoms with E-state index >= 15 is 0 Å². The van der Waals surface area contributed by atoms with Crippen LogP contribution in [0.5, 0.6) is 0 Å². The third-order valence-electron chi connectivity index (χ3n) is 2.05. The van der Waals surface area contributed by atoms with E-state index in [0.717, 1.165) is 12.8 Å². The zero-order valence-electron chi connectivity index (χ0n) is 7.83. The number of terminal acetylenes is 1. The molecule has 2 nitrogen and oxygen atoms in total. The van der Waals surface area contributed by atoms with Gasteiger partial charge in [0.15, 0.2) is 0 Å². The van der Waals surface area contributed by atoms with Crippen LogP contribution in [0.1, 0.15) is 24.4 Å². The maximum Gasteiger partial charge on any atom is 0.0469 e. The highest BCUT2D eigenvalue weighted by molar-refractivity contribution is 14.1. The lowest BCUT2D eigenvalue weighted by Crippen LogP contribution is -2.27. The summed E-state index contributed by atoms with van der Waals surface area (Å²) in [5, 5.41) is 0. The van der Waals surface area contributed by atoms with E-state index < -0.39 is 0 Å². The van der Waals surface area contributed by atoms with Gasteiger partial charge < -0.3 is 0 Å². The van der Waals surface area contributed by atoms with Crippen molar-refractivity contribution in [3.05, 3.63) is 33.4 Å². The lowest BCUT2D eigenvalue weighted by atomic mass is 10.0. The molecule has 1 rings (SSSR count). The van der Waals surface area contributed by atoms with Crippen LogP contribution in [0.15, 0.2) is 24.3 Å². The van der Waals surface area contributed by atoms with Crippen LogP contribution in [0.2, 0.25) is 0 Å². The van der Waals surface area contributed by atoms with Crippen molar-refractivity contribution in [2.45, 2.75) is 18.9 Å². The van der Waals surface area contributed by atoms with E-state index in [9.17, 15) is 0 Å². The molecule has 0 aliphatic carbocycles. The number of hydrogen-bond donors (Lipinski definition) is 2. The Hall–Kier alpha value is -0.570. The fourth-order valence-corrected chi connectivity index (χ4v) is 1.63. The summed E-state index contributed by atoms with van der Waals surface area (Å²) in [6.45, 7) is 0. The minimum Gasteiger partial charge on any atom is -0.271 e. The Kier molecular flexibility index (Phi) is 4.94. The molecule has 1 atom stereocenters. The van der Waals surface area contributed by atoms with Crippen LogP contribution in [0, 0.1) is 15.9 Å². The van der Waals surface area contributed by atoms with E-state index in [-0.39, 0.29) is 6.04 Å². The number of nitrogens with one attached hydrogen (secondary N) is 1. The van der Waals surface area contributed by atoms with Gasteiger partial charge in [-0.25, -0.2) is 0 Å². The normalized spacial score (nSPS) is 12.1. The fourth-order valence-electron chi connectivity index (χ4n) is 1.27. The molecule has 0 fully saturated rings. The Bertz CT molecular complexity index is 313. The Morgan fingerprint density at radius 3 is 2.57 bits per heavy atom. The fraction of sp³-hybridized carbons (Fsp3) is 0.273. The third kappa shape index (κ3) is 3.29. The average molecular weight is 300 g/mol. The summed E-state index contributed by atoms with van der Waals surface area (Å²) < 4.78 is 1.22. The zero-order valence-corrected chi connectivity index (χ0v) is 9.99. The van der Waals surface area contributed by atoms with Gasteiger partial charge in [-0.3, -0.25) is 11.3 Å². The molecule has 74 valence electrons. The van der Waals surface area contributed by atoms with Crippen LogP contribution in [-0.4, -0.2) is 0 Å². The first-order chi connectivity index (χ1) is 6.77. The molecule has 0 spiro atoms. The summed E-state index contributed by atoms with van der Waals surface area (Å²) in [7, 11) is 0. The number of halogens is 1. The molecular formula is C11H13IN2. The highest BCUT2D eigenvalue weighted by Crippen LogP contribution is 2.18. The van der Waals surface area contributed by atoms with Crippen LogP contribution < -0.4 is 11.3 Å². The van der Waals surface area contributed by atoms with E-state index in [0.29, 0.717) is 0 Å². The lowest BCUT2D eigenvalue weighted by molar-refractivity contribution is 0.524. The number of benzene rings is 1. The number of rotatable bonds is 4. The first-order valence-electron chi connectivity index (χ1n) is 4.43. The van der Waals surface area contributed by atoms with Gasteiger partial charge >= 0.3 is 0 Å². The monoisotopic (exact) mass is 300 g/mol. The summed E-state index contributed by atoms with van der Waals surface area (Å²) in [4.78, 5) is 0. The summed E-state index contributed by atoms with van der Waals surface area (Å²) in [5.41, 5.74) is 3.96. The Morgan fingerprint density at radius 2 is 2.07 bits per heavy atom. The van der Waals surface area contributed by atoms with Crippen molar-refractivity contribution in [1.82, 2.24) is 5.43 Å². The van der Waals surface area contributed by atoms with E-state index in [1.54, 1.807) is 0 Å². The van der Waals surface area contributed by atoms with Gasteiger partial charge in [-0.05, 0) is 46.7 Å². The summed E-state index contributed by atoms with van der Waals surface area (Å²) in [5.74, 6) is 8.08. The molecule has 1 unspecified atom stereocenters. The van der Waals surface area contributed by atoms with Crippen molar-refractivity contribution in [1.29, 1.82) is 0 Å². The molecule has 0 amide bonds. The van der Waals surface area contributed by atoms with Crippen LogP contribution in [0.3, 0.4) is 0 Å². The SMILES string of the molecule is C#CCCC(NN)c1ccc(I)cc1. The van der Waals surface area contributed by atoms with Crippen molar-refractivity contribution in [2.24, 2.45) is 5.84 Å². The molecule has 0 aliphatic heterocycles. The first-order valence-corrected chi connectivity index (χ1v) is 5.51. The third-order valence-corrected chi connectivity index (χ3v) is 2.77. The Labute approximate surface area is 98.4 Å². The van der Waals surface area contributed by atoms with Crippen molar-refractivity contribution in [3.8, 4) is 12.3 Å². The topological polar surface area (TPSA) is 38.0 Å². The molecule has 1 aromatic rings. The molecule has 0 saturated carbocycles. The molecular weight excluding hydrogens is 287 g/mol. The van der Waals surface area contributed by atoms with Gasteiger partial charge in [0.1, 0.15) is 0 Å². The van der Waals surface area contributed by atoms with Crippen LogP contribution in [-0.2, 0) is 0 Å². The van der Waals surface area contributed by atoms with Crippen LogP contribution >= 0.6 is 22.6 Å². The molecule has 0 saturated heterocycles. The van der Waals surface area contributed by atoms with E-state index in [4.69, 9.17) is 12.3 Å². The average Bonchev–Trinajstić information content (AvgIpc) is 2.21. The second-order valence-electron chi connectivity index (χ2n) is 3.01. The Balaban J connectivity index is 2.69. The summed E-state index contributed by atoms with van der Waals surface area (Å²) in [6, 6.07) is 8.43. The van der Waals surface area contributed by atoms with E-state index in [1.807, 2.05) is 0 Å². The molecule has 0 radical (unpaired) electrons. The molecule has 3 N–H and O–H groups in total. The molecule has 0 aromatic heterocycles. The highest BCUT2D eigenvalue weighted by Gasteiger charge is 2.07. The van der Waals surface area contributed by atoms with E-state index in [1.165, 1.54) is 9.13 Å². The predicted molar refractivity (Wildman–Crippen MR) is 67.3 cm³/mol. The lowest BCUT2D eigenvalue weighted by Gasteiger charge is -2.14. The Morgan fingerprint density at radius 1 is 1.43 bits per heavy atom. The number of nitrogens with two attached hydrogens (primary N) is 1. The molecule has 3 heteroatoms. The van der Waals surface area contributed by atoms with Gasteiger partial charge in [0, 0.05) is 16.0 Å². The number of hydrazine groups is 1.